The van der Waals surface area contributed by atoms with Crippen LogP contribution in [-0.4, -0.2) is 9.13 Å². The lowest BCUT2D eigenvalue weighted by molar-refractivity contribution is 0.573. The first-order chi connectivity index (χ1) is 9.01. The van der Waals surface area contributed by atoms with E-state index < -0.39 is 0 Å². The lowest BCUT2D eigenvalue weighted by Crippen LogP contribution is -2.58. The molecule has 1 aliphatic rings. The Morgan fingerprint density at radius 1 is 1.21 bits per heavy atom. The van der Waals surface area contributed by atoms with E-state index in [0.29, 0.717) is 27.7 Å². The first-order valence-electron chi connectivity index (χ1n) is 5.88. The summed E-state index contributed by atoms with van der Waals surface area (Å²) in [5, 5.41) is 1.94. The highest BCUT2D eigenvalue weighted by atomic mass is 32.2. The van der Waals surface area contributed by atoms with Crippen LogP contribution in [0.25, 0.3) is 10.8 Å². The van der Waals surface area contributed by atoms with Gasteiger partial charge < -0.3 is 0 Å². The molecule has 0 saturated carbocycles. The lowest BCUT2D eigenvalue weighted by Gasteiger charge is -2.10. The van der Waals surface area contributed by atoms with Crippen LogP contribution in [0.3, 0.4) is 0 Å². The van der Waals surface area contributed by atoms with E-state index in [1.165, 1.54) is 32.7 Å². The molecule has 1 aromatic heterocycles. The van der Waals surface area contributed by atoms with Gasteiger partial charge in [-0.15, -0.1) is 0 Å². The minimum atomic E-state index is -0.291. The van der Waals surface area contributed by atoms with Crippen LogP contribution in [0.4, 0.5) is 0 Å². The summed E-state index contributed by atoms with van der Waals surface area (Å²) < 4.78 is 3.68. The van der Waals surface area contributed by atoms with Crippen molar-refractivity contribution >= 4 is 34.3 Å². The standard InChI is InChI=1S/C13H14N2O2S2/c1-5-14-9(4)15(6-2)12(17)10(11(14)16)13-18-7-8(3)19-13/h3,7H,4-6H2,1-2H3. The SMILES string of the molecule is [CH]C1=CSC(=c2c(=O)n(CC)c(=C)n(CC)c2=O)S1. The number of allylic oxidation sites excluding steroid dienone is 1. The van der Waals surface area contributed by atoms with Crippen LogP contribution >= 0.6 is 23.5 Å². The second-order valence-corrected chi connectivity index (χ2v) is 6.14. The van der Waals surface area contributed by atoms with Gasteiger partial charge in [0.15, 0.2) is 0 Å². The molecule has 0 amide bonds. The molecule has 0 atom stereocenters. The molecule has 0 N–H and O–H groups in total. The van der Waals surface area contributed by atoms with Crippen molar-refractivity contribution < 1.29 is 0 Å². The molecule has 0 spiro atoms. The van der Waals surface area contributed by atoms with Gasteiger partial charge in [-0.25, -0.2) is 0 Å². The molecule has 2 rings (SSSR count). The molecule has 4 nitrogen and oxygen atoms in total. The van der Waals surface area contributed by atoms with Crippen LogP contribution < -0.4 is 21.8 Å². The minimum Gasteiger partial charge on any atom is -0.295 e. The summed E-state index contributed by atoms with van der Waals surface area (Å²) in [6.45, 7) is 14.2. The Morgan fingerprint density at radius 3 is 2.11 bits per heavy atom. The van der Waals surface area contributed by atoms with Gasteiger partial charge in [-0.2, -0.15) is 0 Å². The molecular formula is C13H14N2O2S2. The van der Waals surface area contributed by atoms with E-state index in [9.17, 15) is 9.59 Å². The number of nitrogens with zero attached hydrogens (tertiary/aromatic N) is 2. The maximum Gasteiger partial charge on any atom is 0.266 e. The monoisotopic (exact) mass is 294 g/mol. The number of rotatable bonds is 2. The van der Waals surface area contributed by atoms with Gasteiger partial charge in [0, 0.05) is 24.9 Å². The van der Waals surface area contributed by atoms with Crippen molar-refractivity contribution in [2.75, 3.05) is 0 Å². The maximum atomic E-state index is 12.4. The van der Waals surface area contributed by atoms with Gasteiger partial charge in [0.2, 0.25) is 0 Å². The number of hydrogen-bond donors (Lipinski definition) is 0. The topological polar surface area (TPSA) is 44.0 Å². The van der Waals surface area contributed by atoms with E-state index in [2.05, 4.69) is 6.58 Å². The van der Waals surface area contributed by atoms with E-state index in [0.717, 1.165) is 0 Å². The van der Waals surface area contributed by atoms with E-state index in [4.69, 9.17) is 6.92 Å². The first-order valence-corrected chi connectivity index (χ1v) is 7.57. The summed E-state index contributed by atoms with van der Waals surface area (Å²) in [6.07, 6.45) is 0. The van der Waals surface area contributed by atoms with Crippen LogP contribution in [-0.2, 0) is 13.1 Å². The Morgan fingerprint density at radius 2 is 1.74 bits per heavy atom. The quantitative estimate of drug-likeness (QED) is 0.799. The first kappa shape index (κ1) is 14.3. The van der Waals surface area contributed by atoms with Crippen molar-refractivity contribution in [1.29, 1.82) is 0 Å². The zero-order valence-corrected chi connectivity index (χ0v) is 12.4. The molecule has 1 aromatic rings. The smallest absolute Gasteiger partial charge is 0.266 e. The van der Waals surface area contributed by atoms with Crippen LogP contribution in [0.5, 0.6) is 0 Å². The second-order valence-electron chi connectivity index (χ2n) is 3.92. The Hall–Kier alpha value is -1.14. The molecule has 19 heavy (non-hydrogen) atoms. The zero-order chi connectivity index (χ0) is 14.2. The van der Waals surface area contributed by atoms with E-state index in [1.54, 1.807) is 5.41 Å². The minimum absolute atomic E-state index is 0.197. The Balaban J connectivity index is 2.95. The molecule has 6 heteroatoms. The largest absolute Gasteiger partial charge is 0.295 e. The fraction of sp³-hybridized carbons (Fsp3) is 0.308. The molecular weight excluding hydrogens is 280 g/mol. The van der Waals surface area contributed by atoms with E-state index in [-0.39, 0.29) is 16.3 Å². The summed E-state index contributed by atoms with van der Waals surface area (Å²) in [6, 6.07) is 0. The molecule has 2 radical (unpaired) electrons. The average molecular weight is 294 g/mol. The van der Waals surface area contributed by atoms with Crippen LogP contribution in [0.15, 0.2) is 19.9 Å². The maximum absolute atomic E-state index is 12.4. The van der Waals surface area contributed by atoms with Crippen molar-refractivity contribution in [2.24, 2.45) is 0 Å². The zero-order valence-electron chi connectivity index (χ0n) is 10.8. The van der Waals surface area contributed by atoms with Gasteiger partial charge in [0.25, 0.3) is 11.1 Å². The van der Waals surface area contributed by atoms with E-state index in [1.807, 2.05) is 13.8 Å². The predicted molar refractivity (Wildman–Crippen MR) is 82.1 cm³/mol. The third-order valence-corrected chi connectivity index (χ3v) is 5.09. The molecule has 0 fully saturated rings. The molecule has 100 valence electrons. The van der Waals surface area contributed by atoms with Gasteiger partial charge in [0.05, 0.1) is 4.24 Å². The van der Waals surface area contributed by atoms with Crippen molar-refractivity contribution in [3.05, 3.63) is 48.6 Å². The third kappa shape index (κ3) is 2.34. The van der Waals surface area contributed by atoms with Crippen LogP contribution in [0.2, 0.25) is 0 Å². The van der Waals surface area contributed by atoms with Gasteiger partial charge in [-0.1, -0.05) is 30.1 Å². The molecule has 0 unspecified atom stereocenters. The third-order valence-electron chi connectivity index (χ3n) is 2.87. The molecule has 0 bridgehead atoms. The van der Waals surface area contributed by atoms with Crippen molar-refractivity contribution in [2.45, 2.75) is 26.9 Å². The fourth-order valence-electron chi connectivity index (χ4n) is 1.95. The average Bonchev–Trinajstić information content (AvgIpc) is 2.77. The van der Waals surface area contributed by atoms with Gasteiger partial charge in [0.1, 0.15) is 10.7 Å². The normalized spacial score (nSPS) is 14.9. The summed E-state index contributed by atoms with van der Waals surface area (Å²) in [5.41, 5.74) is -0.140. The molecule has 0 aliphatic carbocycles. The molecule has 0 saturated heterocycles. The fourth-order valence-corrected chi connectivity index (χ4v) is 3.91. The number of aromatic nitrogens is 2. The highest BCUT2D eigenvalue weighted by molar-refractivity contribution is 8.35. The summed E-state index contributed by atoms with van der Waals surface area (Å²) in [5.74, 6) is 0. The summed E-state index contributed by atoms with van der Waals surface area (Å²) >= 11 is 2.58. The molecule has 2 heterocycles. The highest BCUT2D eigenvalue weighted by Crippen LogP contribution is 2.42. The molecule has 0 aromatic carbocycles. The van der Waals surface area contributed by atoms with Crippen molar-refractivity contribution in [3.8, 4) is 0 Å². The van der Waals surface area contributed by atoms with Crippen molar-refractivity contribution in [1.82, 2.24) is 9.13 Å². The van der Waals surface area contributed by atoms with Crippen LogP contribution in [0, 0.1) is 6.92 Å². The molecule has 1 aliphatic heterocycles. The van der Waals surface area contributed by atoms with Gasteiger partial charge in [-0.05, 0) is 19.3 Å². The van der Waals surface area contributed by atoms with Gasteiger partial charge in [-0.3, -0.25) is 18.7 Å². The van der Waals surface area contributed by atoms with E-state index >= 15 is 0 Å². The van der Waals surface area contributed by atoms with Crippen molar-refractivity contribution in [3.63, 3.8) is 0 Å². The number of thioether (sulfide) groups is 2. The Kier molecular flexibility index (Phi) is 4.10. The highest BCUT2D eigenvalue weighted by Gasteiger charge is 2.16. The summed E-state index contributed by atoms with van der Waals surface area (Å²) in [4.78, 5) is 25.4. The summed E-state index contributed by atoms with van der Waals surface area (Å²) in [7, 11) is 0. The predicted octanol–water partition coefficient (Wildman–Crippen LogP) is 0.558. The lowest BCUT2D eigenvalue weighted by atomic mass is 10.4. The van der Waals surface area contributed by atoms with Crippen LogP contribution in [0.1, 0.15) is 13.8 Å². The van der Waals surface area contributed by atoms with Gasteiger partial charge >= 0.3 is 0 Å². The Labute approximate surface area is 119 Å². The Bertz CT molecular complexity index is 726. The number of hydrogen-bond acceptors (Lipinski definition) is 4. The second kappa shape index (κ2) is 5.46.